The number of ether oxygens (including phenoxy) is 2. The molecular formula is C19H20F3N2O3+. The van der Waals surface area contributed by atoms with E-state index in [-0.39, 0.29) is 12.7 Å². The minimum Gasteiger partial charge on any atom is -0.454 e. The van der Waals surface area contributed by atoms with E-state index in [1.54, 1.807) is 6.92 Å². The van der Waals surface area contributed by atoms with Crippen molar-refractivity contribution < 1.29 is 32.3 Å². The monoisotopic (exact) mass is 381 g/mol. The van der Waals surface area contributed by atoms with Gasteiger partial charge in [-0.15, -0.1) is 0 Å². The first kappa shape index (κ1) is 19.0. The second kappa shape index (κ2) is 7.48. The fraction of sp³-hybridized carbons (Fsp3) is 0.316. The zero-order valence-corrected chi connectivity index (χ0v) is 14.9. The molecule has 0 fully saturated rings. The third kappa shape index (κ3) is 4.51. The summed E-state index contributed by atoms with van der Waals surface area (Å²) < 4.78 is 48.4. The molecule has 1 heterocycles. The summed E-state index contributed by atoms with van der Waals surface area (Å²) in [6.45, 7) is 2.55. The summed E-state index contributed by atoms with van der Waals surface area (Å²) in [7, 11) is 1.88. The number of quaternary nitrogens is 1. The topological polar surface area (TPSA) is 52.0 Å². The molecule has 2 aromatic rings. The van der Waals surface area contributed by atoms with Crippen molar-refractivity contribution in [1.29, 1.82) is 0 Å². The number of benzene rings is 2. The first-order valence-electron chi connectivity index (χ1n) is 8.43. The number of hydrogen-bond donors (Lipinski definition) is 2. The van der Waals surface area contributed by atoms with Crippen molar-refractivity contribution in [3.8, 4) is 11.5 Å². The molecule has 144 valence electrons. The van der Waals surface area contributed by atoms with Crippen molar-refractivity contribution in [2.75, 3.05) is 19.2 Å². The number of anilines is 1. The highest BCUT2D eigenvalue weighted by molar-refractivity contribution is 5.93. The highest BCUT2D eigenvalue weighted by Gasteiger charge is 2.30. The number of likely N-dealkylation sites (N-methyl/N-ethyl adjacent to an activating group) is 1. The molecule has 27 heavy (non-hydrogen) atoms. The van der Waals surface area contributed by atoms with Gasteiger partial charge >= 0.3 is 6.18 Å². The van der Waals surface area contributed by atoms with Crippen LogP contribution in [0.1, 0.15) is 18.1 Å². The van der Waals surface area contributed by atoms with Gasteiger partial charge in [-0.2, -0.15) is 13.2 Å². The number of nitrogens with one attached hydrogen (secondary N) is 2. The van der Waals surface area contributed by atoms with E-state index in [4.69, 9.17) is 9.47 Å². The fourth-order valence-corrected chi connectivity index (χ4v) is 2.74. The average Bonchev–Trinajstić information content (AvgIpc) is 3.08. The molecule has 2 N–H and O–H groups in total. The van der Waals surface area contributed by atoms with Gasteiger partial charge in [-0.3, -0.25) is 4.79 Å². The zero-order chi connectivity index (χ0) is 19.6. The molecule has 0 saturated heterocycles. The Kier molecular flexibility index (Phi) is 5.27. The molecule has 1 amide bonds. The number of rotatable bonds is 5. The number of carbonyl (C=O) groups excluding carboxylic acids is 1. The molecule has 0 aromatic heterocycles. The van der Waals surface area contributed by atoms with Crippen molar-refractivity contribution in [3.05, 3.63) is 53.6 Å². The number of amides is 1. The molecule has 1 aliphatic heterocycles. The predicted molar refractivity (Wildman–Crippen MR) is 92.7 cm³/mol. The Balaban J connectivity index is 1.59. The number of fused-ring (bicyclic) bond motifs is 1. The van der Waals surface area contributed by atoms with Gasteiger partial charge in [0.15, 0.2) is 17.5 Å². The first-order chi connectivity index (χ1) is 12.7. The summed E-state index contributed by atoms with van der Waals surface area (Å²) >= 11 is 0. The summed E-state index contributed by atoms with van der Waals surface area (Å²) in [5, 5.41) is 2.66. The minimum absolute atomic E-state index is 0.202. The molecular weight excluding hydrogens is 361 g/mol. The van der Waals surface area contributed by atoms with Gasteiger partial charge in [0, 0.05) is 11.3 Å². The van der Waals surface area contributed by atoms with Crippen LogP contribution in [0.25, 0.3) is 0 Å². The molecule has 0 bridgehead atoms. The number of hydrogen-bond acceptors (Lipinski definition) is 3. The lowest BCUT2D eigenvalue weighted by molar-refractivity contribution is -0.907. The highest BCUT2D eigenvalue weighted by Crippen LogP contribution is 2.32. The van der Waals surface area contributed by atoms with Gasteiger partial charge in [-0.05, 0) is 49.4 Å². The maximum atomic E-state index is 12.6. The lowest BCUT2D eigenvalue weighted by atomic mass is 10.1. The van der Waals surface area contributed by atoms with Gasteiger partial charge in [0.1, 0.15) is 6.54 Å². The molecule has 1 unspecified atom stereocenters. The van der Waals surface area contributed by atoms with E-state index in [0.717, 1.165) is 22.6 Å². The van der Waals surface area contributed by atoms with E-state index < -0.39 is 17.8 Å². The van der Waals surface area contributed by atoms with E-state index in [1.807, 2.05) is 25.2 Å². The lowest BCUT2D eigenvalue weighted by Gasteiger charge is -2.21. The maximum absolute atomic E-state index is 12.6. The van der Waals surface area contributed by atoms with E-state index in [2.05, 4.69) is 5.32 Å². The molecule has 2 atom stereocenters. The third-order valence-corrected chi connectivity index (χ3v) is 4.53. The summed E-state index contributed by atoms with van der Waals surface area (Å²) in [6.07, 6.45) is -4.40. The molecule has 8 heteroatoms. The van der Waals surface area contributed by atoms with Crippen LogP contribution >= 0.6 is 0 Å². The summed E-state index contributed by atoms with van der Waals surface area (Å²) in [4.78, 5) is 13.3. The van der Waals surface area contributed by atoms with Gasteiger partial charge in [0.25, 0.3) is 5.91 Å². The standard InChI is InChI=1S/C19H19F3N2O3/c1-12(18(25)23-15-6-4-14(5-7-15)19(20,21)22)24(2)10-13-3-8-16-17(9-13)27-11-26-16/h3-9,12H,10-11H2,1-2H3,(H,23,25)/p+1/t12-/m1/s1. The van der Waals surface area contributed by atoms with Gasteiger partial charge in [0.05, 0.1) is 12.6 Å². The Hall–Kier alpha value is -2.74. The minimum atomic E-state index is -4.40. The second-order valence-corrected chi connectivity index (χ2v) is 6.50. The Bertz CT molecular complexity index is 822. The van der Waals surface area contributed by atoms with Crippen LogP contribution in [-0.2, 0) is 17.5 Å². The first-order valence-corrected chi connectivity index (χ1v) is 8.43. The maximum Gasteiger partial charge on any atom is 0.416 e. The van der Waals surface area contributed by atoms with Crippen molar-refractivity contribution in [3.63, 3.8) is 0 Å². The molecule has 0 radical (unpaired) electrons. The van der Waals surface area contributed by atoms with E-state index >= 15 is 0 Å². The summed E-state index contributed by atoms with van der Waals surface area (Å²) in [5.41, 5.74) is 0.570. The largest absolute Gasteiger partial charge is 0.454 e. The van der Waals surface area contributed by atoms with Crippen LogP contribution in [0.4, 0.5) is 18.9 Å². The number of carbonyl (C=O) groups is 1. The fourth-order valence-electron chi connectivity index (χ4n) is 2.74. The van der Waals surface area contributed by atoms with Crippen LogP contribution < -0.4 is 19.7 Å². The third-order valence-electron chi connectivity index (χ3n) is 4.53. The van der Waals surface area contributed by atoms with Gasteiger partial charge in [0.2, 0.25) is 6.79 Å². The van der Waals surface area contributed by atoms with Crippen LogP contribution in [0, 0.1) is 0 Å². The second-order valence-electron chi connectivity index (χ2n) is 6.50. The van der Waals surface area contributed by atoms with Gasteiger partial charge in [-0.25, -0.2) is 0 Å². The molecule has 0 aliphatic carbocycles. The molecule has 0 saturated carbocycles. The Morgan fingerprint density at radius 1 is 1.15 bits per heavy atom. The van der Waals surface area contributed by atoms with Crippen LogP contribution in [0.2, 0.25) is 0 Å². The van der Waals surface area contributed by atoms with Crippen LogP contribution in [-0.4, -0.2) is 25.8 Å². The SMILES string of the molecule is C[C@H](C(=O)Nc1ccc(C(F)(F)F)cc1)[NH+](C)Cc1ccc2c(c1)OCO2. The van der Waals surface area contributed by atoms with Crippen LogP contribution in [0.3, 0.4) is 0 Å². The van der Waals surface area contributed by atoms with E-state index in [0.29, 0.717) is 23.7 Å². The summed E-state index contributed by atoms with van der Waals surface area (Å²) in [5.74, 6) is 1.11. The van der Waals surface area contributed by atoms with Crippen LogP contribution in [0.5, 0.6) is 11.5 Å². The predicted octanol–water partition coefficient (Wildman–Crippen LogP) is 2.48. The Morgan fingerprint density at radius 3 is 2.48 bits per heavy atom. The van der Waals surface area contributed by atoms with Gasteiger partial charge in [-0.1, -0.05) is 0 Å². The quantitative estimate of drug-likeness (QED) is 0.837. The lowest BCUT2D eigenvalue weighted by Crippen LogP contribution is -3.12. The average molecular weight is 381 g/mol. The van der Waals surface area contributed by atoms with Crippen molar-refractivity contribution in [2.24, 2.45) is 0 Å². The smallest absolute Gasteiger partial charge is 0.416 e. The number of alkyl halides is 3. The van der Waals surface area contributed by atoms with Crippen LogP contribution in [0.15, 0.2) is 42.5 Å². The Morgan fingerprint density at radius 2 is 1.81 bits per heavy atom. The van der Waals surface area contributed by atoms with Gasteiger partial charge < -0.3 is 19.7 Å². The molecule has 5 nitrogen and oxygen atoms in total. The highest BCUT2D eigenvalue weighted by atomic mass is 19.4. The van der Waals surface area contributed by atoms with Crippen molar-refractivity contribution in [2.45, 2.75) is 25.7 Å². The molecule has 0 spiro atoms. The Labute approximate surface area is 154 Å². The van der Waals surface area contributed by atoms with E-state index in [9.17, 15) is 18.0 Å². The molecule has 2 aromatic carbocycles. The van der Waals surface area contributed by atoms with Crippen molar-refractivity contribution >= 4 is 11.6 Å². The molecule has 1 aliphatic rings. The summed E-state index contributed by atoms with van der Waals surface area (Å²) in [6, 6.07) is 9.62. The number of halogens is 3. The zero-order valence-electron chi connectivity index (χ0n) is 14.9. The molecule has 3 rings (SSSR count). The normalized spacial score (nSPS) is 15.3. The van der Waals surface area contributed by atoms with E-state index in [1.165, 1.54) is 12.1 Å². The van der Waals surface area contributed by atoms with Crippen molar-refractivity contribution in [1.82, 2.24) is 0 Å².